The first-order valence-electron chi connectivity index (χ1n) is 10.1. The van der Waals surface area contributed by atoms with E-state index < -0.39 is 15.6 Å². The van der Waals surface area contributed by atoms with E-state index in [4.69, 9.17) is 4.74 Å². The van der Waals surface area contributed by atoms with Crippen LogP contribution in [0.15, 0.2) is 71.3 Å². The number of hydrogen-bond acceptors (Lipinski definition) is 4. The van der Waals surface area contributed by atoms with Crippen molar-refractivity contribution in [3.8, 4) is 0 Å². The zero-order valence-corrected chi connectivity index (χ0v) is 17.4. The van der Waals surface area contributed by atoms with Crippen LogP contribution in [0.25, 0.3) is 0 Å². The number of aliphatic hydroxyl groups is 1. The van der Waals surface area contributed by atoms with Gasteiger partial charge in [-0.15, -0.1) is 0 Å². The Bertz CT molecular complexity index is 979. The Kier molecular flexibility index (Phi) is 5.51. The van der Waals surface area contributed by atoms with E-state index >= 15 is 0 Å². The molecular weight excluding hydrogens is 386 g/mol. The number of aryl methyl sites for hydroxylation is 1. The number of ether oxygens (including phenoxy) is 1. The predicted molar refractivity (Wildman–Crippen MR) is 112 cm³/mol. The summed E-state index contributed by atoms with van der Waals surface area (Å²) in [5, 5.41) is 10.9. The van der Waals surface area contributed by atoms with Crippen molar-refractivity contribution in [2.75, 3.05) is 6.54 Å². The van der Waals surface area contributed by atoms with Crippen LogP contribution < -0.4 is 0 Å². The largest absolute Gasteiger partial charge is 0.384 e. The summed E-state index contributed by atoms with van der Waals surface area (Å²) in [6.45, 7) is 2.56. The van der Waals surface area contributed by atoms with Gasteiger partial charge in [0.25, 0.3) is 10.0 Å². The maximum atomic E-state index is 13.4. The van der Waals surface area contributed by atoms with Crippen molar-refractivity contribution in [2.45, 2.75) is 55.8 Å². The second-order valence-electron chi connectivity index (χ2n) is 7.98. The Labute approximate surface area is 172 Å². The molecule has 2 aromatic carbocycles. The van der Waals surface area contributed by atoms with Crippen LogP contribution in [0.1, 0.15) is 36.8 Å². The smallest absolute Gasteiger partial charge is 0.264 e. The van der Waals surface area contributed by atoms with Gasteiger partial charge >= 0.3 is 0 Å². The maximum Gasteiger partial charge on any atom is 0.264 e. The fourth-order valence-corrected chi connectivity index (χ4v) is 5.47. The van der Waals surface area contributed by atoms with Gasteiger partial charge < -0.3 is 9.84 Å². The van der Waals surface area contributed by atoms with E-state index in [1.807, 2.05) is 43.3 Å². The number of nitrogens with zero attached hydrogens (tertiary/aromatic N) is 1. The quantitative estimate of drug-likeness (QED) is 0.783. The zero-order valence-electron chi connectivity index (χ0n) is 16.6. The van der Waals surface area contributed by atoms with Gasteiger partial charge in [-0.25, -0.2) is 8.42 Å². The van der Waals surface area contributed by atoms with Crippen LogP contribution in [-0.4, -0.2) is 36.1 Å². The van der Waals surface area contributed by atoms with E-state index in [1.165, 1.54) is 4.31 Å². The summed E-state index contributed by atoms with van der Waals surface area (Å²) in [6.07, 6.45) is 4.26. The van der Waals surface area contributed by atoms with Gasteiger partial charge in [-0.05, 0) is 50.3 Å². The molecule has 1 N–H and O–H groups in total. The van der Waals surface area contributed by atoms with Gasteiger partial charge in [-0.3, -0.25) is 4.31 Å². The summed E-state index contributed by atoms with van der Waals surface area (Å²) in [5.74, 6) is 0. The van der Waals surface area contributed by atoms with E-state index in [9.17, 15) is 13.5 Å². The Morgan fingerprint density at radius 3 is 2.41 bits per heavy atom. The van der Waals surface area contributed by atoms with Crippen LogP contribution >= 0.6 is 0 Å². The number of hydrogen-bond donors (Lipinski definition) is 1. The summed E-state index contributed by atoms with van der Waals surface area (Å²) < 4.78 is 34.3. The molecule has 1 aliphatic heterocycles. The first-order chi connectivity index (χ1) is 13.9. The van der Waals surface area contributed by atoms with Crippen LogP contribution in [0.5, 0.6) is 0 Å². The standard InChI is InChI=1S/C23H27NO4S/c1-18-8-11-21(12-9-18)29(26,27)24-16-20(28-17-19-6-3-2-4-7-19)10-13-22(24)23(25)14-5-15-23/h2-4,6-9,11-13,20,25H,5,10,14-17H2,1H3/t20-/m0/s1. The topological polar surface area (TPSA) is 66.8 Å². The highest BCUT2D eigenvalue weighted by Crippen LogP contribution is 2.43. The van der Waals surface area contributed by atoms with Crippen LogP contribution in [0.2, 0.25) is 0 Å². The normalized spacial score (nSPS) is 21.4. The van der Waals surface area contributed by atoms with E-state index in [-0.39, 0.29) is 17.5 Å². The molecule has 0 aromatic heterocycles. The molecule has 6 heteroatoms. The molecule has 154 valence electrons. The third kappa shape index (κ3) is 4.10. The lowest BCUT2D eigenvalue weighted by atomic mass is 9.76. The third-order valence-electron chi connectivity index (χ3n) is 5.81. The summed E-state index contributed by atoms with van der Waals surface area (Å²) in [4.78, 5) is 0.237. The molecule has 1 saturated carbocycles. The van der Waals surface area contributed by atoms with Crippen molar-refractivity contribution in [3.63, 3.8) is 0 Å². The molecule has 1 aliphatic carbocycles. The molecular formula is C23H27NO4S. The zero-order chi connectivity index (χ0) is 20.5. The Morgan fingerprint density at radius 2 is 1.79 bits per heavy atom. The molecule has 0 unspecified atom stereocenters. The molecule has 0 bridgehead atoms. The van der Waals surface area contributed by atoms with E-state index in [0.29, 0.717) is 31.6 Å². The molecule has 0 radical (unpaired) electrons. The van der Waals surface area contributed by atoms with Gasteiger partial charge in [0.05, 0.1) is 29.8 Å². The predicted octanol–water partition coefficient (Wildman–Crippen LogP) is 3.77. The van der Waals surface area contributed by atoms with E-state index in [0.717, 1.165) is 17.5 Å². The fraction of sp³-hybridized carbons (Fsp3) is 0.391. The Balaban J connectivity index is 1.60. The molecule has 0 saturated heterocycles. The van der Waals surface area contributed by atoms with Gasteiger partial charge in [0, 0.05) is 0 Å². The lowest BCUT2D eigenvalue weighted by molar-refractivity contribution is -0.0285. The molecule has 1 heterocycles. The van der Waals surface area contributed by atoms with E-state index in [1.54, 1.807) is 24.3 Å². The summed E-state index contributed by atoms with van der Waals surface area (Å²) in [5.41, 5.74) is 1.50. The molecule has 1 fully saturated rings. The average molecular weight is 414 g/mol. The molecule has 4 rings (SSSR count). The van der Waals surface area contributed by atoms with Crippen LogP contribution in [0.3, 0.4) is 0 Å². The number of benzene rings is 2. The highest BCUT2D eigenvalue weighted by atomic mass is 32.2. The lowest BCUT2D eigenvalue weighted by Crippen LogP contribution is -2.51. The summed E-state index contributed by atoms with van der Waals surface area (Å²) in [6, 6.07) is 16.7. The van der Waals surface area contributed by atoms with E-state index in [2.05, 4.69) is 0 Å². The highest BCUT2D eigenvalue weighted by Gasteiger charge is 2.46. The van der Waals surface area contributed by atoms with Crippen molar-refractivity contribution in [3.05, 3.63) is 77.5 Å². The van der Waals surface area contributed by atoms with Crippen molar-refractivity contribution >= 4 is 10.0 Å². The minimum absolute atomic E-state index is 0.206. The average Bonchev–Trinajstić information content (AvgIpc) is 2.71. The van der Waals surface area contributed by atoms with Crippen molar-refractivity contribution in [1.82, 2.24) is 4.31 Å². The summed E-state index contributed by atoms with van der Waals surface area (Å²) >= 11 is 0. The van der Waals surface area contributed by atoms with Crippen molar-refractivity contribution < 1.29 is 18.3 Å². The molecule has 2 aliphatic rings. The van der Waals surface area contributed by atoms with Crippen molar-refractivity contribution in [1.29, 1.82) is 0 Å². The van der Waals surface area contributed by atoms with Crippen LogP contribution in [0.4, 0.5) is 0 Å². The monoisotopic (exact) mass is 413 g/mol. The second-order valence-corrected chi connectivity index (χ2v) is 9.84. The molecule has 2 aromatic rings. The number of sulfonamides is 1. The number of rotatable bonds is 6. The summed E-state index contributed by atoms with van der Waals surface area (Å²) in [7, 11) is -3.78. The minimum Gasteiger partial charge on any atom is -0.384 e. The van der Waals surface area contributed by atoms with Gasteiger partial charge in [0.15, 0.2) is 0 Å². The second kappa shape index (κ2) is 7.94. The maximum absolute atomic E-state index is 13.4. The molecule has 29 heavy (non-hydrogen) atoms. The van der Waals surface area contributed by atoms with Gasteiger partial charge in [0.1, 0.15) is 5.60 Å². The molecule has 0 amide bonds. The Morgan fingerprint density at radius 1 is 1.10 bits per heavy atom. The Hall–Kier alpha value is -2.15. The van der Waals surface area contributed by atoms with Crippen LogP contribution in [-0.2, 0) is 21.4 Å². The minimum atomic E-state index is -3.78. The molecule has 1 atom stereocenters. The first-order valence-corrected chi connectivity index (χ1v) is 11.5. The SMILES string of the molecule is Cc1ccc(S(=O)(=O)N2C[C@@H](OCc3ccccc3)CC=C2C2(O)CCC2)cc1. The van der Waals surface area contributed by atoms with Gasteiger partial charge in [-0.2, -0.15) is 0 Å². The van der Waals surface area contributed by atoms with Crippen LogP contribution in [0, 0.1) is 6.92 Å². The van der Waals surface area contributed by atoms with Crippen molar-refractivity contribution in [2.24, 2.45) is 0 Å². The highest BCUT2D eigenvalue weighted by molar-refractivity contribution is 7.89. The van der Waals surface area contributed by atoms with Gasteiger partial charge in [-0.1, -0.05) is 54.1 Å². The molecule has 5 nitrogen and oxygen atoms in total. The molecule has 0 spiro atoms. The lowest BCUT2D eigenvalue weighted by Gasteiger charge is -2.46. The fourth-order valence-electron chi connectivity index (χ4n) is 3.87. The first kappa shape index (κ1) is 20.1. The third-order valence-corrected chi connectivity index (χ3v) is 7.60. The van der Waals surface area contributed by atoms with Gasteiger partial charge in [0.2, 0.25) is 0 Å².